The molecular weight excluding hydrogens is 522 g/mol. The minimum absolute atomic E-state index is 0.0310. The normalized spacial score (nSPS) is 20.8. The molecule has 0 spiro atoms. The van der Waals surface area contributed by atoms with Gasteiger partial charge >= 0.3 is 0 Å². The summed E-state index contributed by atoms with van der Waals surface area (Å²) in [6.07, 6.45) is -0.239. The Morgan fingerprint density at radius 1 is 1.43 bits per heavy atom. The van der Waals surface area contributed by atoms with Gasteiger partial charge in [-0.1, -0.05) is 34.6 Å². The van der Waals surface area contributed by atoms with Crippen LogP contribution in [0.5, 0.6) is 0 Å². The number of imidazole rings is 1. The SMILES string of the molecule is CC(C)C(=O)Nc1nc2c(ncn2[C@@H]2O[C@H](CNS(=O)(=O)N=[N+]=[N-])CC2O[Si](C)(C)C(C)(C)C)c(=O)[nH]1. The van der Waals surface area contributed by atoms with Crippen LogP contribution >= 0.6 is 0 Å². The van der Waals surface area contributed by atoms with Gasteiger partial charge in [-0.25, -0.2) is 18.1 Å². The Balaban J connectivity index is 1.99. The molecule has 1 fully saturated rings. The molecule has 1 aliphatic heterocycles. The second-order valence-electron chi connectivity index (χ2n) is 10.7. The number of hydrogen-bond acceptors (Lipinski definition) is 8. The Bertz CT molecular complexity index is 1370. The molecule has 17 heteroatoms. The molecule has 3 atom stereocenters. The number of hydrogen-bond donors (Lipinski definition) is 3. The average Bonchev–Trinajstić information content (AvgIpc) is 3.35. The van der Waals surface area contributed by atoms with Crippen LogP contribution in [-0.4, -0.2) is 60.9 Å². The van der Waals surface area contributed by atoms with E-state index in [0.29, 0.717) is 6.42 Å². The highest BCUT2D eigenvalue weighted by Gasteiger charge is 2.46. The first kappa shape index (κ1) is 28.7. The van der Waals surface area contributed by atoms with Crippen molar-refractivity contribution in [3.63, 3.8) is 0 Å². The second kappa shape index (κ2) is 10.5. The fourth-order valence-corrected chi connectivity index (χ4v) is 5.33. The van der Waals surface area contributed by atoms with Gasteiger partial charge in [0.15, 0.2) is 25.7 Å². The van der Waals surface area contributed by atoms with Crippen molar-refractivity contribution in [2.24, 2.45) is 10.4 Å². The highest BCUT2D eigenvalue weighted by atomic mass is 32.2. The lowest BCUT2D eigenvalue weighted by Crippen LogP contribution is -2.45. The Hall–Kier alpha value is -2.82. The van der Waals surface area contributed by atoms with Crippen molar-refractivity contribution in [1.29, 1.82) is 0 Å². The Morgan fingerprint density at radius 2 is 2.11 bits per heavy atom. The minimum atomic E-state index is -4.20. The summed E-state index contributed by atoms with van der Waals surface area (Å²) >= 11 is 0. The number of aromatic nitrogens is 4. The van der Waals surface area contributed by atoms with Crippen molar-refractivity contribution in [3.05, 3.63) is 27.1 Å². The summed E-state index contributed by atoms with van der Waals surface area (Å²) in [5.74, 6) is -0.685. The van der Waals surface area contributed by atoms with E-state index in [0.717, 1.165) is 0 Å². The summed E-state index contributed by atoms with van der Waals surface area (Å²) in [5.41, 5.74) is 8.14. The first-order chi connectivity index (χ1) is 17.0. The van der Waals surface area contributed by atoms with E-state index in [1.807, 2.05) is 0 Å². The van der Waals surface area contributed by atoms with E-state index in [1.165, 1.54) is 6.33 Å². The zero-order chi connectivity index (χ0) is 27.8. The zero-order valence-electron chi connectivity index (χ0n) is 21.8. The molecule has 204 valence electrons. The summed E-state index contributed by atoms with van der Waals surface area (Å²) in [4.78, 5) is 38.2. The van der Waals surface area contributed by atoms with Crippen LogP contribution in [0.2, 0.25) is 18.1 Å². The summed E-state index contributed by atoms with van der Waals surface area (Å²) in [5, 5.41) is 2.46. The van der Waals surface area contributed by atoms with Crippen molar-refractivity contribution < 1.29 is 22.4 Å². The van der Waals surface area contributed by atoms with Crippen molar-refractivity contribution >= 4 is 41.5 Å². The molecule has 1 unspecified atom stereocenters. The van der Waals surface area contributed by atoms with Gasteiger partial charge in [0.25, 0.3) is 15.8 Å². The highest BCUT2D eigenvalue weighted by molar-refractivity contribution is 7.88. The van der Waals surface area contributed by atoms with Gasteiger partial charge in [0.05, 0.1) is 18.5 Å². The highest BCUT2D eigenvalue weighted by Crippen LogP contribution is 2.42. The Kier molecular flexibility index (Phi) is 8.16. The molecule has 3 heterocycles. The Labute approximate surface area is 215 Å². The summed E-state index contributed by atoms with van der Waals surface area (Å²) in [7, 11) is -6.52. The lowest BCUT2D eigenvalue weighted by atomic mass is 10.2. The predicted molar refractivity (Wildman–Crippen MR) is 138 cm³/mol. The number of ether oxygens (including phenoxy) is 1. The number of nitrogens with one attached hydrogen (secondary N) is 3. The molecule has 1 saturated heterocycles. The largest absolute Gasteiger partial charge is 0.409 e. The van der Waals surface area contributed by atoms with Crippen LogP contribution < -0.4 is 15.6 Å². The van der Waals surface area contributed by atoms with Crippen LogP contribution in [0.25, 0.3) is 21.6 Å². The zero-order valence-corrected chi connectivity index (χ0v) is 23.7. The second-order valence-corrected chi connectivity index (χ2v) is 16.8. The van der Waals surface area contributed by atoms with E-state index in [2.05, 4.69) is 68.3 Å². The molecule has 37 heavy (non-hydrogen) atoms. The maximum Gasteiger partial charge on any atom is 0.300 e. The number of carbonyl (C=O) groups excluding carboxylic acids is 1. The summed E-state index contributed by atoms with van der Waals surface area (Å²) in [6.45, 7) is 13.7. The molecule has 0 radical (unpaired) electrons. The number of nitrogens with zero attached hydrogens (tertiary/aromatic N) is 6. The van der Waals surface area contributed by atoms with Gasteiger partial charge in [-0.05, 0) is 23.7 Å². The molecule has 0 bridgehead atoms. The van der Waals surface area contributed by atoms with E-state index in [4.69, 9.17) is 14.7 Å². The monoisotopic (exact) mass is 555 g/mol. The van der Waals surface area contributed by atoms with Crippen molar-refractivity contribution in [2.75, 3.05) is 11.9 Å². The number of anilines is 1. The van der Waals surface area contributed by atoms with Crippen molar-refractivity contribution in [1.82, 2.24) is 24.2 Å². The molecular formula is C20H33N9O6SSi. The molecule has 1 amide bonds. The lowest BCUT2D eigenvalue weighted by molar-refractivity contribution is -0.118. The van der Waals surface area contributed by atoms with E-state index in [9.17, 15) is 18.0 Å². The minimum Gasteiger partial charge on any atom is -0.409 e. The van der Waals surface area contributed by atoms with E-state index >= 15 is 0 Å². The maximum atomic E-state index is 12.7. The van der Waals surface area contributed by atoms with Crippen molar-refractivity contribution in [3.8, 4) is 0 Å². The topological polar surface area (TPSA) is 206 Å². The van der Waals surface area contributed by atoms with E-state index in [-0.39, 0.29) is 40.5 Å². The fourth-order valence-electron chi connectivity index (χ4n) is 3.46. The quantitative estimate of drug-likeness (QED) is 0.181. The van der Waals surface area contributed by atoms with Gasteiger partial charge in [-0.3, -0.25) is 24.5 Å². The van der Waals surface area contributed by atoms with Crippen LogP contribution in [0.1, 0.15) is 47.3 Å². The predicted octanol–water partition coefficient (Wildman–Crippen LogP) is 2.54. The number of amides is 1. The summed E-state index contributed by atoms with van der Waals surface area (Å²) in [6, 6.07) is 0. The van der Waals surface area contributed by atoms with E-state index in [1.54, 1.807) is 18.4 Å². The van der Waals surface area contributed by atoms with Gasteiger partial charge in [-0.2, -0.15) is 4.98 Å². The average molecular weight is 556 g/mol. The van der Waals surface area contributed by atoms with E-state index < -0.39 is 42.5 Å². The number of H-pyrrole nitrogens is 1. The molecule has 15 nitrogen and oxygen atoms in total. The number of azide groups is 1. The third-order valence-corrected chi connectivity index (χ3v) is 11.8. The molecule has 0 saturated carbocycles. The summed E-state index contributed by atoms with van der Waals surface area (Å²) < 4.78 is 43.0. The first-order valence-electron chi connectivity index (χ1n) is 11.7. The standard InChI is InChI=1S/C20H33N9O6SSi/c1-11(2)16(30)25-19-24-15-14(17(31)26-19)22-10-29(15)18-13(35-37(6,7)20(3,4)5)8-12(34-18)9-23-36(32,33)28-27-21/h10-13,18,23H,8-9H2,1-7H3,(H2,24,25,26,30,31)/t12-,13?,18+/m0/s1. The molecule has 1 aliphatic rings. The first-order valence-corrected chi connectivity index (χ1v) is 16.1. The number of carbonyl (C=O) groups is 1. The third-order valence-electron chi connectivity index (χ3n) is 6.51. The number of rotatable bonds is 9. The van der Waals surface area contributed by atoms with Gasteiger partial charge < -0.3 is 9.16 Å². The van der Waals surface area contributed by atoms with Crippen LogP contribution in [-0.2, 0) is 24.2 Å². The Morgan fingerprint density at radius 3 is 2.70 bits per heavy atom. The van der Waals surface area contributed by atoms with Crippen LogP contribution in [0, 0.1) is 5.92 Å². The molecule has 3 N–H and O–H groups in total. The van der Waals surface area contributed by atoms with Crippen LogP contribution in [0.3, 0.4) is 0 Å². The fraction of sp³-hybridized carbons (Fsp3) is 0.700. The number of aromatic amines is 1. The van der Waals surface area contributed by atoms with Crippen LogP contribution in [0.4, 0.5) is 5.95 Å². The number of fused-ring (bicyclic) bond motifs is 1. The van der Waals surface area contributed by atoms with Gasteiger partial charge in [-0.15, -0.1) is 0 Å². The van der Waals surface area contributed by atoms with Crippen LogP contribution in [0.15, 0.2) is 15.6 Å². The van der Waals surface area contributed by atoms with Crippen molar-refractivity contribution in [2.45, 2.75) is 77.6 Å². The molecule has 3 rings (SSSR count). The van der Waals surface area contributed by atoms with Gasteiger partial charge in [0.2, 0.25) is 11.9 Å². The molecule has 0 aliphatic carbocycles. The van der Waals surface area contributed by atoms with Gasteiger partial charge in [0, 0.05) is 28.3 Å². The molecule has 2 aromatic rings. The maximum absolute atomic E-state index is 12.7. The lowest BCUT2D eigenvalue weighted by Gasteiger charge is -2.39. The molecule has 0 aromatic carbocycles. The molecule has 2 aromatic heterocycles. The third kappa shape index (κ3) is 6.55. The smallest absolute Gasteiger partial charge is 0.300 e. The van der Waals surface area contributed by atoms with Gasteiger partial charge in [0.1, 0.15) is 0 Å².